The average Bonchev–Trinajstić information content (AvgIpc) is 3.28. The Morgan fingerprint density at radius 2 is 2.03 bits per heavy atom. The molecule has 4 rings (SSSR count). The zero-order valence-electron chi connectivity index (χ0n) is 16.3. The van der Waals surface area contributed by atoms with Gasteiger partial charge in [-0.25, -0.2) is 4.39 Å². The minimum absolute atomic E-state index is 0.0227. The van der Waals surface area contributed by atoms with Gasteiger partial charge in [-0.3, -0.25) is 4.79 Å². The second-order valence-corrected chi connectivity index (χ2v) is 7.03. The molecule has 2 aromatic carbocycles. The zero-order chi connectivity index (χ0) is 21.1. The molecule has 1 saturated heterocycles. The van der Waals surface area contributed by atoms with E-state index in [1.807, 2.05) is 30.3 Å². The number of nitrogens with zero attached hydrogens (tertiary/aromatic N) is 4. The largest absolute Gasteiger partial charge is 0.496 e. The number of aromatic nitrogens is 2. The van der Waals surface area contributed by atoms with Crippen molar-refractivity contribution in [1.82, 2.24) is 15.0 Å². The van der Waals surface area contributed by atoms with E-state index in [-0.39, 0.29) is 23.0 Å². The molecule has 2 heterocycles. The highest BCUT2D eigenvalue weighted by Gasteiger charge is 2.29. The van der Waals surface area contributed by atoms with Crippen molar-refractivity contribution in [3.8, 4) is 23.3 Å². The van der Waals surface area contributed by atoms with Gasteiger partial charge in [0.05, 0.1) is 29.9 Å². The molecule has 0 aliphatic carbocycles. The fourth-order valence-corrected chi connectivity index (χ4v) is 3.60. The summed E-state index contributed by atoms with van der Waals surface area (Å²) < 4.78 is 24.9. The Bertz CT molecular complexity index is 1110. The fraction of sp³-hybridized carbons (Fsp3) is 0.273. The van der Waals surface area contributed by atoms with E-state index in [1.54, 1.807) is 12.0 Å². The van der Waals surface area contributed by atoms with Gasteiger partial charge in [0.2, 0.25) is 0 Å². The summed E-state index contributed by atoms with van der Waals surface area (Å²) >= 11 is 0. The van der Waals surface area contributed by atoms with E-state index in [2.05, 4.69) is 10.1 Å². The highest BCUT2D eigenvalue weighted by Crippen LogP contribution is 2.32. The number of ether oxygens (including phenoxy) is 1. The number of halogens is 1. The molecule has 3 aromatic rings. The van der Waals surface area contributed by atoms with Crippen LogP contribution >= 0.6 is 0 Å². The number of amides is 1. The van der Waals surface area contributed by atoms with Crippen molar-refractivity contribution < 1.29 is 18.4 Å². The lowest BCUT2D eigenvalue weighted by atomic mass is 9.95. The molecule has 1 fully saturated rings. The summed E-state index contributed by atoms with van der Waals surface area (Å²) in [6.45, 7) is 0.920. The molecule has 0 atom stereocenters. The molecule has 8 heteroatoms. The topological polar surface area (TPSA) is 92.2 Å². The Morgan fingerprint density at radius 1 is 1.27 bits per heavy atom. The number of carbonyl (C=O) groups is 1. The summed E-state index contributed by atoms with van der Waals surface area (Å²) in [5.74, 6) is 0.622. The number of rotatable bonds is 4. The second-order valence-electron chi connectivity index (χ2n) is 7.03. The summed E-state index contributed by atoms with van der Waals surface area (Å²) in [4.78, 5) is 18.8. The molecule has 30 heavy (non-hydrogen) atoms. The highest BCUT2D eigenvalue weighted by atomic mass is 19.1. The van der Waals surface area contributed by atoms with Crippen molar-refractivity contribution in [2.24, 2.45) is 0 Å². The molecule has 0 unspecified atom stereocenters. The molecule has 0 saturated carbocycles. The van der Waals surface area contributed by atoms with Crippen LogP contribution < -0.4 is 4.74 Å². The zero-order valence-corrected chi connectivity index (χ0v) is 16.3. The van der Waals surface area contributed by atoms with Gasteiger partial charge in [-0.15, -0.1) is 0 Å². The number of likely N-dealkylation sites (tertiary alicyclic amines) is 1. The Morgan fingerprint density at radius 3 is 2.73 bits per heavy atom. The van der Waals surface area contributed by atoms with Crippen LogP contribution in [-0.4, -0.2) is 41.1 Å². The van der Waals surface area contributed by atoms with Crippen molar-refractivity contribution in [2.45, 2.75) is 18.8 Å². The third kappa shape index (κ3) is 3.74. The van der Waals surface area contributed by atoms with Gasteiger partial charge in [-0.1, -0.05) is 17.3 Å². The molecule has 1 aliphatic heterocycles. The molecule has 0 spiro atoms. The van der Waals surface area contributed by atoms with Crippen LogP contribution in [0.25, 0.3) is 11.5 Å². The van der Waals surface area contributed by atoms with Crippen molar-refractivity contribution in [1.29, 1.82) is 5.26 Å². The van der Waals surface area contributed by atoms with E-state index in [0.29, 0.717) is 43.4 Å². The lowest BCUT2D eigenvalue weighted by molar-refractivity contribution is 0.0706. The number of hydrogen-bond donors (Lipinski definition) is 0. The summed E-state index contributed by atoms with van der Waals surface area (Å²) in [6.07, 6.45) is 1.29. The van der Waals surface area contributed by atoms with Crippen molar-refractivity contribution in [2.75, 3.05) is 20.2 Å². The maximum absolute atomic E-state index is 14.2. The van der Waals surface area contributed by atoms with E-state index in [0.717, 1.165) is 11.6 Å². The van der Waals surface area contributed by atoms with E-state index < -0.39 is 5.82 Å². The molecule has 1 aromatic heterocycles. The van der Waals surface area contributed by atoms with E-state index in [1.165, 1.54) is 12.1 Å². The van der Waals surface area contributed by atoms with Gasteiger partial charge in [-0.2, -0.15) is 10.2 Å². The predicted molar refractivity (Wildman–Crippen MR) is 105 cm³/mol. The SMILES string of the molecule is COc1ccccc1-c1nc(C2CCN(C(=O)c3ccc(C#N)cc3F)CC2)no1. The average molecular weight is 406 g/mol. The Balaban J connectivity index is 1.43. The third-order valence-corrected chi connectivity index (χ3v) is 5.26. The molecular formula is C22H19FN4O3. The van der Waals surface area contributed by atoms with Crippen molar-refractivity contribution in [3.05, 3.63) is 65.2 Å². The minimum atomic E-state index is -0.680. The van der Waals surface area contributed by atoms with E-state index in [9.17, 15) is 9.18 Å². The van der Waals surface area contributed by atoms with Gasteiger partial charge in [0.25, 0.3) is 11.8 Å². The van der Waals surface area contributed by atoms with E-state index in [4.69, 9.17) is 14.5 Å². The van der Waals surface area contributed by atoms with Crippen LogP contribution in [0.5, 0.6) is 5.75 Å². The molecule has 7 nitrogen and oxygen atoms in total. The maximum Gasteiger partial charge on any atom is 0.261 e. The number of carbonyl (C=O) groups excluding carboxylic acids is 1. The van der Waals surface area contributed by atoms with E-state index >= 15 is 0 Å². The maximum atomic E-state index is 14.2. The molecule has 0 bridgehead atoms. The first-order chi connectivity index (χ1) is 14.6. The molecule has 1 aliphatic rings. The van der Waals surface area contributed by atoms with Crippen molar-refractivity contribution >= 4 is 5.91 Å². The predicted octanol–water partition coefficient (Wildman–Crippen LogP) is 3.78. The van der Waals surface area contributed by atoms with Gasteiger partial charge < -0.3 is 14.2 Å². The summed E-state index contributed by atoms with van der Waals surface area (Å²) in [5, 5.41) is 13.0. The molecule has 0 N–H and O–H groups in total. The number of para-hydroxylation sites is 1. The first-order valence-corrected chi connectivity index (χ1v) is 9.56. The molecular weight excluding hydrogens is 387 g/mol. The molecule has 1 amide bonds. The van der Waals surface area contributed by atoms with Gasteiger partial charge in [0.1, 0.15) is 11.6 Å². The number of nitriles is 1. The Kier molecular flexibility index (Phi) is 5.44. The Hall–Kier alpha value is -3.73. The second kappa shape index (κ2) is 8.33. The monoisotopic (exact) mass is 406 g/mol. The van der Waals surface area contributed by atoms with Gasteiger partial charge >= 0.3 is 0 Å². The van der Waals surface area contributed by atoms with Crippen LogP contribution in [0.4, 0.5) is 4.39 Å². The third-order valence-electron chi connectivity index (χ3n) is 5.26. The quantitative estimate of drug-likeness (QED) is 0.655. The standard InChI is InChI=1S/C22H19FN4O3/c1-29-19-5-3-2-4-17(19)21-25-20(26-30-21)15-8-10-27(11-9-15)22(28)16-7-6-14(13-24)12-18(16)23/h2-7,12,15H,8-11H2,1H3. The van der Waals surface area contributed by atoms with Gasteiger partial charge in [-0.05, 0) is 43.2 Å². The smallest absolute Gasteiger partial charge is 0.261 e. The van der Waals surface area contributed by atoms with Crippen LogP contribution in [-0.2, 0) is 0 Å². The summed E-state index contributed by atoms with van der Waals surface area (Å²) in [7, 11) is 1.58. The van der Waals surface area contributed by atoms with Gasteiger partial charge in [0.15, 0.2) is 5.82 Å². The minimum Gasteiger partial charge on any atom is -0.496 e. The normalized spacial score (nSPS) is 14.4. The van der Waals surface area contributed by atoms with Crippen LogP contribution in [0.1, 0.15) is 40.5 Å². The lowest BCUT2D eigenvalue weighted by Gasteiger charge is -2.30. The van der Waals surface area contributed by atoms with Crippen LogP contribution in [0.15, 0.2) is 47.0 Å². The summed E-state index contributed by atoms with van der Waals surface area (Å²) in [5.41, 5.74) is 0.888. The molecule has 0 radical (unpaired) electrons. The first kappa shape index (κ1) is 19.6. The highest BCUT2D eigenvalue weighted by molar-refractivity contribution is 5.94. The van der Waals surface area contributed by atoms with Crippen LogP contribution in [0.2, 0.25) is 0 Å². The lowest BCUT2D eigenvalue weighted by Crippen LogP contribution is -2.38. The fourth-order valence-electron chi connectivity index (χ4n) is 3.60. The number of benzene rings is 2. The first-order valence-electron chi connectivity index (χ1n) is 9.56. The summed E-state index contributed by atoms with van der Waals surface area (Å²) in [6, 6.07) is 13.2. The number of hydrogen-bond acceptors (Lipinski definition) is 6. The number of piperidine rings is 1. The molecule has 152 valence electrons. The van der Waals surface area contributed by atoms with Crippen LogP contribution in [0.3, 0.4) is 0 Å². The van der Waals surface area contributed by atoms with Crippen molar-refractivity contribution in [3.63, 3.8) is 0 Å². The Labute approximate surface area is 172 Å². The van der Waals surface area contributed by atoms with Crippen LogP contribution in [0, 0.1) is 17.1 Å². The van der Waals surface area contributed by atoms with Gasteiger partial charge in [0, 0.05) is 19.0 Å². The number of methoxy groups -OCH3 is 1.